The fourth-order valence-corrected chi connectivity index (χ4v) is 4.95. The molecule has 38 heavy (non-hydrogen) atoms. The molecule has 0 aromatic carbocycles. The highest BCUT2D eigenvalue weighted by atomic mass is 19.1. The smallest absolute Gasteiger partial charge is 0.309 e. The lowest BCUT2D eigenvalue weighted by Gasteiger charge is -2.30. The van der Waals surface area contributed by atoms with Crippen molar-refractivity contribution in [1.82, 2.24) is 0 Å². The number of cyclic esters (lactones) is 1. The fourth-order valence-electron chi connectivity index (χ4n) is 4.95. The van der Waals surface area contributed by atoms with Gasteiger partial charge < -0.3 is 24.4 Å². The number of esters is 2. The van der Waals surface area contributed by atoms with E-state index in [1.54, 1.807) is 6.08 Å². The highest BCUT2D eigenvalue weighted by Crippen LogP contribution is 2.36. The summed E-state index contributed by atoms with van der Waals surface area (Å²) >= 11 is 0. The Bertz CT molecular complexity index is 880. The van der Waals surface area contributed by atoms with E-state index in [0.717, 1.165) is 12.0 Å². The molecule has 10 atom stereocenters. The predicted octanol–water partition coefficient (Wildman–Crippen LogP) is 5.00. The first kappa shape index (κ1) is 32.2. The normalized spacial score (nSPS) is 36.4. The molecular weight excluding hydrogens is 491 g/mol. The molecule has 2 N–H and O–H groups in total. The van der Waals surface area contributed by atoms with Crippen LogP contribution in [0.4, 0.5) is 4.39 Å². The summed E-state index contributed by atoms with van der Waals surface area (Å²) in [4.78, 5) is 24.2. The molecule has 0 saturated carbocycles. The average Bonchev–Trinajstić information content (AvgIpc) is 3.60. The molecule has 0 aromatic rings. The Labute approximate surface area is 227 Å². The number of carbonyl (C=O) groups excluding carboxylic acids is 2. The zero-order chi connectivity index (χ0) is 28.6. The number of carbonyl (C=O) groups is 2. The fraction of sp³-hybridized carbons (Fsp3) is 0.733. The minimum atomic E-state index is -1.90. The SMILES string of the molecule is CCC(O)C(C)C1OC1CC(C)/C=C/C=C(\C)C1OC(=O)CC(O)CCC(C)(F)C(OC(C)=O)/C=C/C1C. The molecule has 0 amide bonds. The lowest BCUT2D eigenvalue weighted by molar-refractivity contribution is -0.152. The number of allylic oxidation sites excluding steroid dienone is 3. The highest BCUT2D eigenvalue weighted by molar-refractivity contribution is 5.70. The number of ether oxygens (including phenoxy) is 3. The van der Waals surface area contributed by atoms with Gasteiger partial charge in [-0.1, -0.05) is 52.0 Å². The second-order valence-electron chi connectivity index (χ2n) is 11.3. The maximum absolute atomic E-state index is 15.4. The molecule has 1 saturated heterocycles. The molecule has 0 radical (unpaired) electrons. The van der Waals surface area contributed by atoms with Gasteiger partial charge in [0.2, 0.25) is 0 Å². The van der Waals surface area contributed by atoms with E-state index in [9.17, 15) is 19.8 Å². The van der Waals surface area contributed by atoms with Crippen molar-refractivity contribution < 1.29 is 38.4 Å². The van der Waals surface area contributed by atoms with Crippen molar-refractivity contribution in [2.24, 2.45) is 17.8 Å². The van der Waals surface area contributed by atoms with Crippen molar-refractivity contribution in [2.45, 2.75) is 123 Å². The molecular formula is C30H47FO7. The van der Waals surface area contributed by atoms with Crippen LogP contribution in [-0.4, -0.2) is 64.4 Å². The van der Waals surface area contributed by atoms with Gasteiger partial charge in [-0.25, -0.2) is 4.39 Å². The van der Waals surface area contributed by atoms with Crippen LogP contribution in [0.3, 0.4) is 0 Å². The van der Waals surface area contributed by atoms with Gasteiger partial charge in [-0.15, -0.1) is 0 Å². The summed E-state index contributed by atoms with van der Waals surface area (Å²) in [6, 6.07) is 0. The van der Waals surface area contributed by atoms with Crippen LogP contribution < -0.4 is 0 Å². The Morgan fingerprint density at radius 3 is 2.63 bits per heavy atom. The molecule has 0 aliphatic carbocycles. The van der Waals surface area contributed by atoms with Crippen LogP contribution in [0.1, 0.15) is 80.6 Å². The number of halogens is 1. The zero-order valence-electron chi connectivity index (χ0n) is 23.9. The number of aliphatic hydroxyl groups is 2. The molecule has 0 aromatic heterocycles. The maximum Gasteiger partial charge on any atom is 0.309 e. The number of hydrogen-bond donors (Lipinski definition) is 2. The summed E-state index contributed by atoms with van der Waals surface area (Å²) in [5.41, 5.74) is -1.11. The van der Waals surface area contributed by atoms with Crippen molar-refractivity contribution in [3.8, 4) is 0 Å². The van der Waals surface area contributed by atoms with E-state index in [0.29, 0.717) is 6.42 Å². The van der Waals surface area contributed by atoms with Crippen LogP contribution in [-0.2, 0) is 23.8 Å². The van der Waals surface area contributed by atoms with Gasteiger partial charge in [0.25, 0.3) is 0 Å². The van der Waals surface area contributed by atoms with Crippen molar-refractivity contribution in [3.05, 3.63) is 36.0 Å². The highest BCUT2D eigenvalue weighted by Gasteiger charge is 2.45. The molecule has 7 nitrogen and oxygen atoms in total. The first-order chi connectivity index (χ1) is 17.7. The molecule has 1 fully saturated rings. The first-order valence-electron chi connectivity index (χ1n) is 13.9. The van der Waals surface area contributed by atoms with E-state index in [1.165, 1.54) is 19.9 Å². The van der Waals surface area contributed by atoms with Gasteiger partial charge in [-0.3, -0.25) is 9.59 Å². The first-order valence-corrected chi connectivity index (χ1v) is 13.9. The Hall–Kier alpha value is -2.03. The average molecular weight is 539 g/mol. The van der Waals surface area contributed by atoms with Crippen LogP contribution in [0.25, 0.3) is 0 Å². The Kier molecular flexibility index (Phi) is 12.2. The van der Waals surface area contributed by atoms with E-state index in [1.807, 2.05) is 39.8 Å². The van der Waals surface area contributed by atoms with E-state index in [2.05, 4.69) is 13.0 Å². The largest absolute Gasteiger partial charge is 0.457 e. The number of alkyl halides is 1. The second-order valence-corrected chi connectivity index (χ2v) is 11.3. The molecule has 2 aliphatic rings. The third kappa shape index (κ3) is 9.93. The predicted molar refractivity (Wildman–Crippen MR) is 144 cm³/mol. The lowest BCUT2D eigenvalue weighted by Crippen LogP contribution is -2.38. The van der Waals surface area contributed by atoms with E-state index < -0.39 is 35.9 Å². The molecule has 2 heterocycles. The summed E-state index contributed by atoms with van der Waals surface area (Å²) in [6.45, 7) is 12.4. The maximum atomic E-state index is 15.4. The van der Waals surface area contributed by atoms with E-state index >= 15 is 4.39 Å². The van der Waals surface area contributed by atoms with Crippen LogP contribution in [0, 0.1) is 17.8 Å². The van der Waals surface area contributed by atoms with Crippen molar-refractivity contribution in [2.75, 3.05) is 0 Å². The van der Waals surface area contributed by atoms with Crippen molar-refractivity contribution in [1.29, 1.82) is 0 Å². The molecule has 0 spiro atoms. The van der Waals surface area contributed by atoms with Gasteiger partial charge in [0.05, 0.1) is 30.8 Å². The van der Waals surface area contributed by atoms with Gasteiger partial charge in [-0.2, -0.15) is 0 Å². The number of aliphatic hydroxyl groups excluding tert-OH is 2. The Morgan fingerprint density at radius 2 is 2.00 bits per heavy atom. The summed E-state index contributed by atoms with van der Waals surface area (Å²) in [5, 5.41) is 20.3. The van der Waals surface area contributed by atoms with Gasteiger partial charge in [0, 0.05) is 18.8 Å². The van der Waals surface area contributed by atoms with Crippen LogP contribution >= 0.6 is 0 Å². The van der Waals surface area contributed by atoms with Crippen molar-refractivity contribution in [3.63, 3.8) is 0 Å². The van der Waals surface area contributed by atoms with Gasteiger partial charge in [0.1, 0.15) is 11.8 Å². The van der Waals surface area contributed by atoms with Gasteiger partial charge >= 0.3 is 11.9 Å². The van der Waals surface area contributed by atoms with E-state index in [4.69, 9.17) is 14.2 Å². The van der Waals surface area contributed by atoms with Crippen LogP contribution in [0.2, 0.25) is 0 Å². The van der Waals surface area contributed by atoms with Gasteiger partial charge in [-0.05, 0) is 57.1 Å². The lowest BCUT2D eigenvalue weighted by atomic mass is 9.90. The Balaban J connectivity index is 2.12. The monoisotopic (exact) mass is 538 g/mol. The minimum Gasteiger partial charge on any atom is -0.457 e. The van der Waals surface area contributed by atoms with Crippen molar-refractivity contribution >= 4 is 11.9 Å². The third-order valence-electron chi connectivity index (χ3n) is 7.60. The Morgan fingerprint density at radius 1 is 1.32 bits per heavy atom. The summed E-state index contributed by atoms with van der Waals surface area (Å²) in [7, 11) is 0. The number of epoxide rings is 1. The molecule has 216 valence electrons. The molecule has 0 bridgehead atoms. The van der Waals surface area contributed by atoms with Gasteiger partial charge in [0.15, 0.2) is 6.10 Å². The summed E-state index contributed by atoms with van der Waals surface area (Å²) < 4.78 is 32.2. The molecule has 2 rings (SSSR count). The summed E-state index contributed by atoms with van der Waals surface area (Å²) in [6.07, 6.45) is 7.45. The van der Waals surface area contributed by atoms with Crippen LogP contribution in [0.5, 0.6) is 0 Å². The topological polar surface area (TPSA) is 106 Å². The van der Waals surface area contributed by atoms with Crippen LogP contribution in [0.15, 0.2) is 36.0 Å². The zero-order valence-corrected chi connectivity index (χ0v) is 23.9. The van der Waals surface area contributed by atoms with E-state index in [-0.39, 0.29) is 55.3 Å². The minimum absolute atomic E-state index is 0.0329. The second kappa shape index (κ2) is 14.4. The summed E-state index contributed by atoms with van der Waals surface area (Å²) in [5.74, 6) is -1.12. The standard InChI is InChI=1S/C30H47FO7/c1-8-24(34)21(5)29-25(37-29)16-18(2)10-9-11-19(3)28-20(4)12-13-26(36-22(6)32)30(7,31)15-14-23(33)17-27(35)38-28/h9-13,18,20-21,23-26,28-29,33-34H,8,14-17H2,1-7H3/b10-9+,13-12+,19-11+. The molecule has 10 unspecified atom stereocenters. The third-order valence-corrected chi connectivity index (χ3v) is 7.60. The number of rotatable bonds is 9. The molecule has 2 aliphatic heterocycles. The molecule has 8 heteroatoms. The number of hydrogen-bond acceptors (Lipinski definition) is 7. The quantitative estimate of drug-likeness (QED) is 0.184.